The van der Waals surface area contributed by atoms with E-state index in [4.69, 9.17) is 4.74 Å². The van der Waals surface area contributed by atoms with Crippen molar-refractivity contribution in [1.29, 1.82) is 0 Å². The van der Waals surface area contributed by atoms with Crippen LogP contribution in [0.15, 0.2) is 66.9 Å². The number of amides is 1. The first-order valence-electron chi connectivity index (χ1n) is 10.0. The number of pyridine rings is 1. The van der Waals surface area contributed by atoms with Crippen LogP contribution in [0.4, 0.5) is 4.39 Å². The van der Waals surface area contributed by atoms with E-state index in [9.17, 15) is 9.18 Å². The molecule has 2 aromatic carbocycles. The first kappa shape index (κ1) is 20.0. The molecule has 1 aliphatic heterocycles. The molecule has 0 atom stereocenters. The molecule has 6 heteroatoms. The normalized spacial score (nSPS) is 15.6. The highest BCUT2D eigenvalue weighted by molar-refractivity contribution is 5.93. The Hall–Kier alpha value is -3.25. The predicted molar refractivity (Wildman–Crippen MR) is 114 cm³/mol. The molecule has 2 heterocycles. The van der Waals surface area contributed by atoms with E-state index in [1.807, 2.05) is 41.3 Å². The molecular weight excluding hydrogens is 381 g/mol. The number of piperazine rings is 1. The molecule has 1 aromatic heterocycles. The second kappa shape index (κ2) is 8.24. The number of ether oxygens (including phenoxy) is 1. The van der Waals surface area contributed by atoms with Crippen LogP contribution in [0.2, 0.25) is 0 Å². The number of carbonyl (C=O) groups excluding carboxylic acids is 1. The number of likely N-dealkylation sites (N-methyl/N-ethyl adjacent to an activating group) is 1. The lowest BCUT2D eigenvalue weighted by atomic mass is 10.1. The monoisotopic (exact) mass is 406 g/mol. The Labute approximate surface area is 175 Å². The van der Waals surface area contributed by atoms with Gasteiger partial charge in [-0.25, -0.2) is 4.39 Å². The van der Waals surface area contributed by atoms with E-state index in [0.29, 0.717) is 17.2 Å². The Kier molecular flexibility index (Phi) is 5.50. The van der Waals surface area contributed by atoms with E-state index in [0.717, 1.165) is 41.8 Å². The maximum absolute atomic E-state index is 13.0. The highest BCUT2D eigenvalue weighted by Crippen LogP contribution is 2.26. The van der Waals surface area contributed by atoms with Gasteiger partial charge in [-0.3, -0.25) is 9.78 Å². The van der Waals surface area contributed by atoms with Crippen molar-refractivity contribution in [3.05, 3.63) is 78.4 Å². The second-order valence-corrected chi connectivity index (χ2v) is 8.19. The Morgan fingerprint density at radius 2 is 1.53 bits per heavy atom. The van der Waals surface area contributed by atoms with Gasteiger partial charge in [-0.1, -0.05) is 12.1 Å². The lowest BCUT2D eigenvalue weighted by Crippen LogP contribution is -2.56. The number of halogens is 1. The third kappa shape index (κ3) is 4.66. The summed E-state index contributed by atoms with van der Waals surface area (Å²) < 4.78 is 19.7. The Morgan fingerprint density at radius 1 is 0.933 bits per heavy atom. The summed E-state index contributed by atoms with van der Waals surface area (Å²) in [7, 11) is 4.37. The molecule has 0 bridgehead atoms. The van der Waals surface area contributed by atoms with Gasteiger partial charge in [0.25, 0.3) is 5.91 Å². The van der Waals surface area contributed by atoms with Crippen molar-refractivity contribution in [2.45, 2.75) is 0 Å². The fourth-order valence-corrected chi connectivity index (χ4v) is 3.45. The van der Waals surface area contributed by atoms with Crippen LogP contribution in [-0.2, 0) is 0 Å². The smallest absolute Gasteiger partial charge is 0.272 e. The molecular formula is C24H25FN3O2+. The fourth-order valence-electron chi connectivity index (χ4n) is 3.45. The van der Waals surface area contributed by atoms with Crippen LogP contribution in [0.25, 0.3) is 11.1 Å². The van der Waals surface area contributed by atoms with E-state index in [1.165, 1.54) is 12.1 Å². The van der Waals surface area contributed by atoms with Crippen LogP contribution in [0.5, 0.6) is 11.5 Å². The molecule has 30 heavy (non-hydrogen) atoms. The molecule has 0 saturated carbocycles. The summed E-state index contributed by atoms with van der Waals surface area (Å²) in [5.74, 6) is 0.912. The van der Waals surface area contributed by atoms with Gasteiger partial charge in [0.1, 0.15) is 23.0 Å². The Morgan fingerprint density at radius 3 is 2.17 bits per heavy atom. The molecule has 154 valence electrons. The molecule has 0 spiro atoms. The summed E-state index contributed by atoms with van der Waals surface area (Å²) in [6.07, 6.45) is 1.68. The Balaban J connectivity index is 1.47. The summed E-state index contributed by atoms with van der Waals surface area (Å²) in [5, 5.41) is 0. The number of quaternary nitrogens is 1. The van der Waals surface area contributed by atoms with E-state index >= 15 is 0 Å². The maximum atomic E-state index is 13.0. The number of aromatic nitrogens is 1. The molecule has 1 aliphatic rings. The molecule has 0 radical (unpaired) electrons. The average Bonchev–Trinajstić information content (AvgIpc) is 2.75. The zero-order chi connectivity index (χ0) is 21.1. The molecule has 0 unspecified atom stereocenters. The van der Waals surface area contributed by atoms with Crippen molar-refractivity contribution in [3.63, 3.8) is 0 Å². The molecule has 4 rings (SSSR count). The fraction of sp³-hybridized carbons (Fsp3) is 0.250. The van der Waals surface area contributed by atoms with Crippen LogP contribution in [-0.4, -0.2) is 60.5 Å². The third-order valence-corrected chi connectivity index (χ3v) is 5.45. The van der Waals surface area contributed by atoms with Crippen LogP contribution in [0, 0.1) is 5.82 Å². The third-order valence-electron chi connectivity index (χ3n) is 5.45. The lowest BCUT2D eigenvalue weighted by Gasteiger charge is -2.38. The number of hydrogen-bond donors (Lipinski definition) is 0. The number of nitrogens with zero attached hydrogens (tertiary/aromatic N) is 3. The van der Waals surface area contributed by atoms with Crippen molar-refractivity contribution in [2.24, 2.45) is 0 Å². The quantitative estimate of drug-likeness (QED) is 0.610. The second-order valence-electron chi connectivity index (χ2n) is 8.19. The summed E-state index contributed by atoms with van der Waals surface area (Å²) in [4.78, 5) is 19.1. The van der Waals surface area contributed by atoms with Gasteiger partial charge in [0.05, 0.1) is 40.3 Å². The summed E-state index contributed by atoms with van der Waals surface area (Å²) >= 11 is 0. The van der Waals surface area contributed by atoms with Crippen molar-refractivity contribution >= 4 is 5.91 Å². The average molecular weight is 406 g/mol. The molecule has 1 fully saturated rings. The van der Waals surface area contributed by atoms with Gasteiger partial charge in [-0.05, 0) is 59.7 Å². The molecule has 1 amide bonds. The molecule has 0 N–H and O–H groups in total. The number of carbonyl (C=O) groups is 1. The van der Waals surface area contributed by atoms with Crippen LogP contribution in [0.3, 0.4) is 0 Å². The van der Waals surface area contributed by atoms with E-state index < -0.39 is 0 Å². The number of rotatable bonds is 4. The standard InChI is InChI=1S/C24H25FN3O2/c1-28(2)15-13-27(14-16-28)24(29)23-17-19(11-12-26-23)18-3-7-21(8-4-18)30-22-9-5-20(25)6-10-22/h3-12,17H,13-16H2,1-2H3/q+1. The minimum absolute atomic E-state index is 0.0205. The molecule has 1 saturated heterocycles. The van der Waals surface area contributed by atoms with E-state index in [-0.39, 0.29) is 11.7 Å². The summed E-state index contributed by atoms with van der Waals surface area (Å²) in [6, 6.07) is 17.2. The van der Waals surface area contributed by atoms with Gasteiger partial charge in [0, 0.05) is 6.20 Å². The van der Waals surface area contributed by atoms with E-state index in [1.54, 1.807) is 18.3 Å². The first-order valence-corrected chi connectivity index (χ1v) is 10.0. The minimum Gasteiger partial charge on any atom is -0.457 e. The molecule has 0 aliphatic carbocycles. The van der Waals surface area contributed by atoms with Gasteiger partial charge < -0.3 is 14.1 Å². The zero-order valence-corrected chi connectivity index (χ0v) is 17.2. The number of hydrogen-bond acceptors (Lipinski definition) is 3. The minimum atomic E-state index is -0.298. The maximum Gasteiger partial charge on any atom is 0.272 e. The van der Waals surface area contributed by atoms with Crippen LogP contribution < -0.4 is 4.74 Å². The topological polar surface area (TPSA) is 42.4 Å². The van der Waals surface area contributed by atoms with Crippen molar-refractivity contribution < 1.29 is 18.4 Å². The lowest BCUT2D eigenvalue weighted by molar-refractivity contribution is -0.894. The zero-order valence-electron chi connectivity index (χ0n) is 17.2. The van der Waals surface area contributed by atoms with Crippen LogP contribution >= 0.6 is 0 Å². The van der Waals surface area contributed by atoms with Crippen molar-refractivity contribution in [2.75, 3.05) is 40.3 Å². The summed E-state index contributed by atoms with van der Waals surface area (Å²) in [5.41, 5.74) is 2.36. The van der Waals surface area contributed by atoms with Gasteiger partial charge in [0.15, 0.2) is 0 Å². The van der Waals surface area contributed by atoms with Gasteiger partial charge >= 0.3 is 0 Å². The van der Waals surface area contributed by atoms with Gasteiger partial charge in [-0.2, -0.15) is 0 Å². The largest absolute Gasteiger partial charge is 0.457 e. The van der Waals surface area contributed by atoms with E-state index in [2.05, 4.69) is 19.1 Å². The van der Waals surface area contributed by atoms with Gasteiger partial charge in [-0.15, -0.1) is 0 Å². The van der Waals surface area contributed by atoms with Crippen molar-refractivity contribution in [3.8, 4) is 22.6 Å². The Bertz CT molecular complexity index is 1020. The number of benzene rings is 2. The predicted octanol–water partition coefficient (Wildman–Crippen LogP) is 4.21. The SMILES string of the molecule is C[N+]1(C)CCN(C(=O)c2cc(-c3ccc(Oc4ccc(F)cc4)cc3)ccn2)CC1. The highest BCUT2D eigenvalue weighted by Gasteiger charge is 2.28. The summed E-state index contributed by atoms with van der Waals surface area (Å²) in [6.45, 7) is 3.38. The first-order chi connectivity index (χ1) is 14.4. The van der Waals surface area contributed by atoms with Gasteiger partial charge in [0.2, 0.25) is 0 Å². The van der Waals surface area contributed by atoms with Crippen LogP contribution in [0.1, 0.15) is 10.5 Å². The highest BCUT2D eigenvalue weighted by atomic mass is 19.1. The van der Waals surface area contributed by atoms with Crippen molar-refractivity contribution in [1.82, 2.24) is 9.88 Å². The molecule has 5 nitrogen and oxygen atoms in total. The molecule has 3 aromatic rings.